The van der Waals surface area contributed by atoms with Crippen LogP contribution < -0.4 is 5.73 Å². The fraction of sp³-hybridized carbons (Fsp3) is 0.400. The predicted molar refractivity (Wildman–Crippen MR) is 49.7 cm³/mol. The van der Waals surface area contributed by atoms with Gasteiger partial charge in [-0.05, 0) is 31.0 Å². The third-order valence-corrected chi connectivity index (χ3v) is 2.19. The zero-order valence-electron chi connectivity index (χ0n) is 7.79. The lowest BCUT2D eigenvalue weighted by atomic mass is 9.98. The Bertz CT molecular complexity index is 299. The summed E-state index contributed by atoms with van der Waals surface area (Å²) in [6, 6.07) is 4.19. The van der Waals surface area contributed by atoms with Crippen LogP contribution in [-0.2, 0) is 0 Å². The lowest BCUT2D eigenvalue weighted by molar-refractivity contribution is 0.164. The summed E-state index contributed by atoms with van der Waals surface area (Å²) in [5, 5.41) is 9.24. The first-order valence-electron chi connectivity index (χ1n) is 4.22. The maximum Gasteiger partial charge on any atom is 0.126 e. The normalized spacial score (nSPS) is 15.5. The molecule has 0 unspecified atom stereocenters. The average Bonchev–Trinajstić information content (AvgIpc) is 2.08. The second-order valence-corrected chi connectivity index (χ2v) is 3.22. The molecule has 0 bridgehead atoms. The average molecular weight is 183 g/mol. The smallest absolute Gasteiger partial charge is 0.126 e. The second-order valence-electron chi connectivity index (χ2n) is 3.22. The molecule has 1 aromatic rings. The zero-order chi connectivity index (χ0) is 10.0. The van der Waals surface area contributed by atoms with Crippen molar-refractivity contribution in [1.29, 1.82) is 0 Å². The van der Waals surface area contributed by atoms with E-state index in [0.717, 1.165) is 0 Å². The molecule has 0 aromatic heterocycles. The standard InChI is InChI=1S/C10H14FNO/c1-6-8(10(12)7(2)13)4-3-5-9(6)11/h3-5,7,10,13H,12H2,1-2H3/t7-,10-/m1/s1. The van der Waals surface area contributed by atoms with Crippen molar-refractivity contribution in [2.45, 2.75) is 26.0 Å². The number of aliphatic hydroxyl groups excluding tert-OH is 1. The van der Waals surface area contributed by atoms with Crippen LogP contribution in [-0.4, -0.2) is 11.2 Å². The third-order valence-electron chi connectivity index (χ3n) is 2.19. The van der Waals surface area contributed by atoms with Gasteiger partial charge in [0.1, 0.15) is 5.82 Å². The van der Waals surface area contributed by atoms with Gasteiger partial charge < -0.3 is 10.8 Å². The molecule has 0 heterocycles. The molecule has 1 rings (SSSR count). The van der Waals surface area contributed by atoms with E-state index in [1.165, 1.54) is 6.07 Å². The second kappa shape index (κ2) is 3.85. The molecule has 3 N–H and O–H groups in total. The summed E-state index contributed by atoms with van der Waals surface area (Å²) < 4.78 is 13.1. The van der Waals surface area contributed by atoms with Gasteiger partial charge in [0, 0.05) is 0 Å². The maximum atomic E-state index is 13.1. The Labute approximate surface area is 77.2 Å². The van der Waals surface area contributed by atoms with E-state index < -0.39 is 12.1 Å². The van der Waals surface area contributed by atoms with Crippen LogP contribution in [0.25, 0.3) is 0 Å². The highest BCUT2D eigenvalue weighted by molar-refractivity contribution is 5.30. The molecule has 0 amide bonds. The van der Waals surface area contributed by atoms with Gasteiger partial charge in [-0.15, -0.1) is 0 Å². The Hall–Kier alpha value is -0.930. The van der Waals surface area contributed by atoms with Crippen molar-refractivity contribution in [2.24, 2.45) is 5.73 Å². The topological polar surface area (TPSA) is 46.2 Å². The highest BCUT2D eigenvalue weighted by Crippen LogP contribution is 2.20. The van der Waals surface area contributed by atoms with Crippen LogP contribution in [0.4, 0.5) is 4.39 Å². The van der Waals surface area contributed by atoms with Crippen molar-refractivity contribution in [1.82, 2.24) is 0 Å². The van der Waals surface area contributed by atoms with Crippen molar-refractivity contribution in [2.75, 3.05) is 0 Å². The first-order chi connectivity index (χ1) is 6.04. The molecule has 0 spiro atoms. The highest BCUT2D eigenvalue weighted by atomic mass is 19.1. The fourth-order valence-corrected chi connectivity index (χ4v) is 1.25. The minimum absolute atomic E-state index is 0.284. The van der Waals surface area contributed by atoms with Gasteiger partial charge in [0.15, 0.2) is 0 Å². The van der Waals surface area contributed by atoms with Gasteiger partial charge in [0.2, 0.25) is 0 Å². The summed E-state index contributed by atoms with van der Waals surface area (Å²) in [7, 11) is 0. The Kier molecular flexibility index (Phi) is 3.01. The van der Waals surface area contributed by atoms with Crippen LogP contribution >= 0.6 is 0 Å². The van der Waals surface area contributed by atoms with Crippen LogP contribution in [0.2, 0.25) is 0 Å². The molecular weight excluding hydrogens is 169 g/mol. The molecular formula is C10H14FNO. The number of hydrogen-bond donors (Lipinski definition) is 2. The fourth-order valence-electron chi connectivity index (χ4n) is 1.25. The van der Waals surface area contributed by atoms with E-state index in [9.17, 15) is 9.50 Å². The SMILES string of the molecule is Cc1c(F)cccc1[C@H](N)[C@@H](C)O. The number of aliphatic hydroxyl groups is 1. The van der Waals surface area contributed by atoms with E-state index >= 15 is 0 Å². The highest BCUT2D eigenvalue weighted by Gasteiger charge is 2.15. The molecule has 2 nitrogen and oxygen atoms in total. The van der Waals surface area contributed by atoms with Gasteiger partial charge in [-0.25, -0.2) is 4.39 Å². The number of nitrogens with two attached hydrogens (primary N) is 1. The molecule has 0 fully saturated rings. The third kappa shape index (κ3) is 2.05. The Morgan fingerprint density at radius 2 is 2.08 bits per heavy atom. The largest absolute Gasteiger partial charge is 0.391 e. The minimum Gasteiger partial charge on any atom is -0.391 e. The number of hydrogen-bond acceptors (Lipinski definition) is 2. The molecule has 2 atom stereocenters. The van der Waals surface area contributed by atoms with Gasteiger partial charge in [-0.3, -0.25) is 0 Å². The van der Waals surface area contributed by atoms with Crippen LogP contribution in [0.5, 0.6) is 0 Å². The molecule has 1 aromatic carbocycles. The monoisotopic (exact) mass is 183 g/mol. The molecule has 0 saturated carbocycles. The number of rotatable bonds is 2. The van der Waals surface area contributed by atoms with Gasteiger partial charge >= 0.3 is 0 Å². The summed E-state index contributed by atoms with van der Waals surface area (Å²) in [5.41, 5.74) is 6.86. The summed E-state index contributed by atoms with van der Waals surface area (Å²) in [6.07, 6.45) is -0.666. The van der Waals surface area contributed by atoms with Crippen LogP contribution in [0.15, 0.2) is 18.2 Å². The maximum absolute atomic E-state index is 13.1. The lowest BCUT2D eigenvalue weighted by Crippen LogP contribution is -2.24. The van der Waals surface area contributed by atoms with E-state index in [0.29, 0.717) is 11.1 Å². The van der Waals surface area contributed by atoms with E-state index in [2.05, 4.69) is 0 Å². The zero-order valence-corrected chi connectivity index (χ0v) is 7.79. The van der Waals surface area contributed by atoms with Crippen LogP contribution in [0.1, 0.15) is 24.1 Å². The van der Waals surface area contributed by atoms with Crippen molar-refractivity contribution in [3.63, 3.8) is 0 Å². The van der Waals surface area contributed by atoms with Crippen molar-refractivity contribution in [3.8, 4) is 0 Å². The predicted octanol–water partition coefficient (Wildman–Crippen LogP) is 1.51. The van der Waals surface area contributed by atoms with E-state index in [1.807, 2.05) is 0 Å². The molecule has 0 aliphatic rings. The molecule has 0 aliphatic heterocycles. The van der Waals surface area contributed by atoms with Crippen molar-refractivity contribution < 1.29 is 9.50 Å². The van der Waals surface area contributed by atoms with Crippen molar-refractivity contribution in [3.05, 3.63) is 35.1 Å². The Morgan fingerprint density at radius 1 is 1.46 bits per heavy atom. The summed E-state index contributed by atoms with van der Waals surface area (Å²) in [6.45, 7) is 3.25. The van der Waals surface area contributed by atoms with E-state index in [-0.39, 0.29) is 5.82 Å². The van der Waals surface area contributed by atoms with E-state index in [4.69, 9.17) is 5.73 Å². The van der Waals surface area contributed by atoms with Crippen LogP contribution in [0.3, 0.4) is 0 Å². The van der Waals surface area contributed by atoms with E-state index in [1.54, 1.807) is 26.0 Å². The summed E-state index contributed by atoms with van der Waals surface area (Å²) in [5.74, 6) is -0.284. The Morgan fingerprint density at radius 3 is 2.62 bits per heavy atom. The van der Waals surface area contributed by atoms with Gasteiger partial charge in [0.25, 0.3) is 0 Å². The summed E-state index contributed by atoms with van der Waals surface area (Å²) in [4.78, 5) is 0. The van der Waals surface area contributed by atoms with Gasteiger partial charge in [0.05, 0.1) is 12.1 Å². The molecule has 0 radical (unpaired) electrons. The molecule has 3 heteroatoms. The minimum atomic E-state index is -0.666. The molecule has 72 valence electrons. The quantitative estimate of drug-likeness (QED) is 0.730. The molecule has 0 saturated heterocycles. The van der Waals surface area contributed by atoms with Gasteiger partial charge in [-0.1, -0.05) is 12.1 Å². The lowest BCUT2D eigenvalue weighted by Gasteiger charge is -2.17. The van der Waals surface area contributed by atoms with Gasteiger partial charge in [-0.2, -0.15) is 0 Å². The number of halogens is 1. The molecule has 0 aliphatic carbocycles. The first-order valence-corrected chi connectivity index (χ1v) is 4.22. The van der Waals surface area contributed by atoms with Crippen LogP contribution in [0, 0.1) is 12.7 Å². The molecule has 13 heavy (non-hydrogen) atoms. The number of benzene rings is 1. The van der Waals surface area contributed by atoms with Crippen molar-refractivity contribution >= 4 is 0 Å². The first kappa shape index (κ1) is 10.2. The Balaban J connectivity index is 3.07. The summed E-state index contributed by atoms with van der Waals surface area (Å²) >= 11 is 0.